The first-order chi connectivity index (χ1) is 16.9. The molecule has 3 N–H and O–H groups in total. The number of rotatable bonds is 6. The van der Waals surface area contributed by atoms with Gasteiger partial charge in [-0.3, -0.25) is 0 Å². The lowest BCUT2D eigenvalue weighted by atomic mass is 10.0. The van der Waals surface area contributed by atoms with Crippen molar-refractivity contribution in [2.24, 2.45) is 0 Å². The molecule has 0 fully saturated rings. The van der Waals surface area contributed by atoms with Gasteiger partial charge < -0.3 is 33.8 Å². The molecule has 0 saturated carbocycles. The molecule has 0 unspecified atom stereocenters. The summed E-state index contributed by atoms with van der Waals surface area (Å²) in [4.78, 5) is 13.2. The number of fused-ring (bicyclic) bond motifs is 3. The standard InChI is InChI=1S/C27H23NO7/c1-33-23-11-16(5-8-20(23)30)19-14-28(10-9-15-3-6-17(29)7-4-15)26-25(19)18-12-24(34-2)21(31)13-22(18)35-27(26)32/h3-8,11-14,29-31H,9-10H2,1-2H3. The van der Waals surface area contributed by atoms with Gasteiger partial charge in [-0.25, -0.2) is 4.79 Å². The Balaban J connectivity index is 1.77. The largest absolute Gasteiger partial charge is 0.508 e. The van der Waals surface area contributed by atoms with Gasteiger partial charge in [0.15, 0.2) is 23.0 Å². The highest BCUT2D eigenvalue weighted by molar-refractivity contribution is 6.12. The Labute approximate surface area is 199 Å². The summed E-state index contributed by atoms with van der Waals surface area (Å²) in [6.07, 6.45) is 2.48. The third-order valence-corrected chi connectivity index (χ3v) is 6.09. The molecule has 2 aromatic heterocycles. The van der Waals surface area contributed by atoms with Gasteiger partial charge in [-0.15, -0.1) is 0 Å². The number of hydrogen-bond donors (Lipinski definition) is 3. The first-order valence-corrected chi connectivity index (χ1v) is 10.9. The Kier molecular flexibility index (Phi) is 5.49. The summed E-state index contributed by atoms with van der Waals surface area (Å²) >= 11 is 0. The van der Waals surface area contributed by atoms with E-state index in [0.29, 0.717) is 35.0 Å². The zero-order valence-corrected chi connectivity index (χ0v) is 19.1. The van der Waals surface area contributed by atoms with Crippen molar-refractivity contribution in [2.75, 3.05) is 14.2 Å². The first kappa shape index (κ1) is 22.2. The van der Waals surface area contributed by atoms with Crippen LogP contribution in [0.2, 0.25) is 0 Å². The number of aryl methyl sites for hydroxylation is 2. The fourth-order valence-electron chi connectivity index (χ4n) is 4.34. The molecule has 0 amide bonds. The van der Waals surface area contributed by atoms with Crippen LogP contribution in [0.4, 0.5) is 0 Å². The number of phenols is 3. The minimum absolute atomic E-state index is 0.00304. The van der Waals surface area contributed by atoms with Crippen LogP contribution in [0.5, 0.6) is 28.7 Å². The van der Waals surface area contributed by atoms with Crippen molar-refractivity contribution in [3.8, 4) is 39.9 Å². The molecule has 3 aromatic carbocycles. The highest BCUT2D eigenvalue weighted by Gasteiger charge is 2.21. The topological polar surface area (TPSA) is 114 Å². The predicted octanol–water partition coefficient (Wildman–Crippen LogP) is 4.79. The van der Waals surface area contributed by atoms with Crippen LogP contribution in [0, 0.1) is 0 Å². The lowest BCUT2D eigenvalue weighted by Gasteiger charge is -2.09. The summed E-state index contributed by atoms with van der Waals surface area (Å²) in [5.74, 6) is 0.604. The molecule has 5 aromatic rings. The van der Waals surface area contributed by atoms with E-state index in [-0.39, 0.29) is 28.6 Å². The van der Waals surface area contributed by atoms with Gasteiger partial charge in [-0.05, 0) is 47.9 Å². The molecule has 35 heavy (non-hydrogen) atoms. The van der Waals surface area contributed by atoms with Gasteiger partial charge in [0.05, 0.1) is 14.2 Å². The van der Waals surface area contributed by atoms with Gasteiger partial charge in [-0.1, -0.05) is 18.2 Å². The molecule has 0 aliphatic carbocycles. The highest BCUT2D eigenvalue weighted by atomic mass is 16.5. The van der Waals surface area contributed by atoms with E-state index in [0.717, 1.165) is 16.7 Å². The molecule has 0 saturated heterocycles. The second-order valence-electron chi connectivity index (χ2n) is 8.17. The molecule has 5 rings (SSSR count). The fraction of sp³-hybridized carbons (Fsp3) is 0.148. The smallest absolute Gasteiger partial charge is 0.361 e. The summed E-state index contributed by atoms with van der Waals surface area (Å²) in [5.41, 5.74) is 2.51. The number of aromatic nitrogens is 1. The molecule has 178 valence electrons. The number of methoxy groups -OCH3 is 2. The fourth-order valence-corrected chi connectivity index (χ4v) is 4.34. The minimum Gasteiger partial charge on any atom is -0.508 e. The third-order valence-electron chi connectivity index (χ3n) is 6.09. The van der Waals surface area contributed by atoms with E-state index in [1.807, 2.05) is 22.9 Å². The monoisotopic (exact) mass is 473 g/mol. The van der Waals surface area contributed by atoms with Crippen LogP contribution in [-0.2, 0) is 13.0 Å². The van der Waals surface area contributed by atoms with Crippen molar-refractivity contribution in [3.63, 3.8) is 0 Å². The molecule has 8 heteroatoms. The zero-order valence-electron chi connectivity index (χ0n) is 19.1. The van der Waals surface area contributed by atoms with E-state index in [2.05, 4.69) is 0 Å². The van der Waals surface area contributed by atoms with Crippen LogP contribution in [0.3, 0.4) is 0 Å². The van der Waals surface area contributed by atoms with Crippen LogP contribution in [0.25, 0.3) is 33.0 Å². The number of hydrogen-bond acceptors (Lipinski definition) is 7. The van der Waals surface area contributed by atoms with Gasteiger partial charge >= 0.3 is 5.63 Å². The number of nitrogens with zero attached hydrogens (tertiary/aromatic N) is 1. The molecule has 0 aliphatic heterocycles. The quantitative estimate of drug-likeness (QED) is 0.304. The zero-order chi connectivity index (χ0) is 24.7. The van der Waals surface area contributed by atoms with Gasteiger partial charge in [0, 0.05) is 35.1 Å². The second kappa shape index (κ2) is 8.64. The maximum Gasteiger partial charge on any atom is 0.361 e. The normalized spacial score (nSPS) is 11.3. The molecule has 0 aliphatic rings. The third kappa shape index (κ3) is 3.89. The van der Waals surface area contributed by atoms with Crippen molar-refractivity contribution in [1.82, 2.24) is 4.57 Å². The van der Waals surface area contributed by atoms with Crippen LogP contribution in [0.1, 0.15) is 5.56 Å². The maximum absolute atomic E-state index is 13.2. The Morgan fingerprint density at radius 2 is 1.60 bits per heavy atom. The van der Waals surface area contributed by atoms with E-state index in [1.165, 1.54) is 26.4 Å². The van der Waals surface area contributed by atoms with E-state index >= 15 is 0 Å². The molecule has 0 radical (unpaired) electrons. The maximum atomic E-state index is 13.2. The summed E-state index contributed by atoms with van der Waals surface area (Å²) in [5, 5.41) is 31.1. The summed E-state index contributed by atoms with van der Waals surface area (Å²) in [7, 11) is 2.92. The van der Waals surface area contributed by atoms with Crippen molar-refractivity contribution in [3.05, 3.63) is 76.8 Å². The van der Waals surface area contributed by atoms with Crippen LogP contribution in [-0.4, -0.2) is 34.1 Å². The van der Waals surface area contributed by atoms with E-state index in [4.69, 9.17) is 13.9 Å². The SMILES string of the molecule is COc1cc(-c2cn(CCc3ccc(O)cc3)c3c(=O)oc4cc(O)c(OC)cc4c23)ccc1O. The molecule has 0 atom stereocenters. The minimum atomic E-state index is -0.542. The van der Waals surface area contributed by atoms with Crippen molar-refractivity contribution < 1.29 is 29.2 Å². The molecule has 0 spiro atoms. The van der Waals surface area contributed by atoms with E-state index in [1.54, 1.807) is 30.3 Å². The average Bonchev–Trinajstić information content (AvgIpc) is 3.24. The second-order valence-corrected chi connectivity index (χ2v) is 8.17. The Hall–Kier alpha value is -4.59. The van der Waals surface area contributed by atoms with E-state index < -0.39 is 5.63 Å². The molecule has 2 heterocycles. The molecule has 8 nitrogen and oxygen atoms in total. The van der Waals surface area contributed by atoms with Crippen LogP contribution >= 0.6 is 0 Å². The summed E-state index contributed by atoms with van der Waals surface area (Å²) < 4.78 is 18.0. The van der Waals surface area contributed by atoms with Crippen molar-refractivity contribution >= 4 is 21.9 Å². The average molecular weight is 473 g/mol. The number of benzene rings is 3. The highest BCUT2D eigenvalue weighted by Crippen LogP contribution is 2.40. The number of phenolic OH excluding ortho intramolecular Hbond substituents is 3. The summed E-state index contributed by atoms with van der Waals surface area (Å²) in [6, 6.07) is 14.9. The molecule has 0 bridgehead atoms. The molecular formula is C27H23NO7. The Bertz CT molecular complexity index is 1610. The predicted molar refractivity (Wildman–Crippen MR) is 132 cm³/mol. The van der Waals surface area contributed by atoms with Gasteiger partial charge in [0.2, 0.25) is 0 Å². The summed E-state index contributed by atoms with van der Waals surface area (Å²) in [6.45, 7) is 0.474. The first-order valence-electron chi connectivity index (χ1n) is 10.9. The molecular weight excluding hydrogens is 450 g/mol. The van der Waals surface area contributed by atoms with Crippen LogP contribution < -0.4 is 15.1 Å². The van der Waals surface area contributed by atoms with Crippen molar-refractivity contribution in [2.45, 2.75) is 13.0 Å². The lowest BCUT2D eigenvalue weighted by Crippen LogP contribution is -2.08. The number of ether oxygens (including phenoxy) is 2. The Morgan fingerprint density at radius 1 is 0.886 bits per heavy atom. The van der Waals surface area contributed by atoms with Crippen LogP contribution in [0.15, 0.2) is 70.0 Å². The van der Waals surface area contributed by atoms with Crippen molar-refractivity contribution in [1.29, 1.82) is 0 Å². The lowest BCUT2D eigenvalue weighted by molar-refractivity contribution is 0.373. The van der Waals surface area contributed by atoms with E-state index in [9.17, 15) is 20.1 Å². The number of aromatic hydroxyl groups is 3. The Morgan fingerprint density at radius 3 is 2.31 bits per heavy atom. The van der Waals surface area contributed by atoms with Gasteiger partial charge in [-0.2, -0.15) is 0 Å². The van der Waals surface area contributed by atoms with Gasteiger partial charge in [0.1, 0.15) is 16.8 Å². The van der Waals surface area contributed by atoms with Gasteiger partial charge in [0.25, 0.3) is 0 Å².